The van der Waals surface area contributed by atoms with Crippen LogP contribution in [0.4, 0.5) is 3.89 Å². The Bertz CT molecular complexity index is 386. The summed E-state index contributed by atoms with van der Waals surface area (Å²) in [7, 11) is -4.36. The Balaban J connectivity index is 2.61. The van der Waals surface area contributed by atoms with E-state index in [0.717, 1.165) is 11.1 Å². The summed E-state index contributed by atoms with van der Waals surface area (Å²) in [6.07, 6.45) is 0.198. The van der Waals surface area contributed by atoms with E-state index in [4.69, 9.17) is 5.73 Å². The number of rotatable bonds is 4. The highest BCUT2D eigenvalue weighted by Crippen LogP contribution is 2.06. The third kappa shape index (κ3) is 3.85. The molecule has 0 radical (unpaired) electrons. The maximum atomic E-state index is 12.2. The lowest BCUT2D eigenvalue weighted by molar-refractivity contribution is 0.551. The van der Waals surface area contributed by atoms with E-state index in [9.17, 15) is 12.3 Å². The van der Waals surface area contributed by atoms with E-state index < -0.39 is 16.0 Å². The van der Waals surface area contributed by atoms with E-state index in [1.54, 1.807) is 24.3 Å². The molecule has 0 saturated carbocycles. The second kappa shape index (κ2) is 4.52. The molecular weight excluding hydrogens is 205 g/mol. The lowest BCUT2D eigenvalue weighted by atomic mass is 10.1. The highest BCUT2D eigenvalue weighted by molar-refractivity contribution is 7.86. The second-order valence-corrected chi connectivity index (χ2v) is 4.50. The first-order valence-electron chi connectivity index (χ1n) is 4.21. The quantitative estimate of drug-likeness (QED) is 0.765. The summed E-state index contributed by atoms with van der Waals surface area (Å²) in [6.45, 7) is 0.446. The van der Waals surface area contributed by atoms with Gasteiger partial charge in [0.2, 0.25) is 0 Å². The molecule has 2 N–H and O–H groups in total. The van der Waals surface area contributed by atoms with Gasteiger partial charge in [0.15, 0.2) is 0 Å². The van der Waals surface area contributed by atoms with Gasteiger partial charge in [0, 0.05) is 6.54 Å². The third-order valence-corrected chi connectivity index (χ3v) is 2.58. The van der Waals surface area contributed by atoms with Crippen molar-refractivity contribution in [1.82, 2.24) is 0 Å². The molecule has 0 aliphatic rings. The normalized spacial score (nSPS) is 11.6. The molecule has 0 fully saturated rings. The Labute approximate surface area is 83.0 Å². The standard InChI is InChI=1S/C9H12FNO2S/c10-14(12,13)6-5-8-1-3-9(7-11)4-2-8/h1-4H,5-7,11H2. The lowest BCUT2D eigenvalue weighted by Gasteiger charge is -2.00. The van der Waals surface area contributed by atoms with Crippen molar-refractivity contribution in [3.05, 3.63) is 35.4 Å². The second-order valence-electron chi connectivity index (χ2n) is 3.01. The molecule has 0 saturated heterocycles. The van der Waals surface area contributed by atoms with Crippen molar-refractivity contribution in [2.45, 2.75) is 13.0 Å². The van der Waals surface area contributed by atoms with Crippen molar-refractivity contribution in [3.63, 3.8) is 0 Å². The van der Waals surface area contributed by atoms with Crippen molar-refractivity contribution in [1.29, 1.82) is 0 Å². The molecule has 0 aromatic heterocycles. The smallest absolute Gasteiger partial charge is 0.302 e. The Morgan fingerprint density at radius 2 is 1.64 bits per heavy atom. The molecular formula is C9H12FNO2S. The maximum absolute atomic E-state index is 12.2. The summed E-state index contributed by atoms with van der Waals surface area (Å²) < 4.78 is 32.7. The van der Waals surface area contributed by atoms with E-state index in [0.29, 0.717) is 6.54 Å². The van der Waals surface area contributed by atoms with Crippen LogP contribution in [-0.2, 0) is 23.2 Å². The van der Waals surface area contributed by atoms with E-state index in [2.05, 4.69) is 0 Å². The first-order valence-corrected chi connectivity index (χ1v) is 5.77. The Hall–Kier alpha value is -0.940. The lowest BCUT2D eigenvalue weighted by Crippen LogP contribution is -2.02. The van der Waals surface area contributed by atoms with Gasteiger partial charge >= 0.3 is 10.2 Å². The number of hydrogen-bond acceptors (Lipinski definition) is 3. The van der Waals surface area contributed by atoms with Gasteiger partial charge in [0.1, 0.15) is 0 Å². The van der Waals surface area contributed by atoms with Gasteiger partial charge in [-0.3, -0.25) is 0 Å². The average molecular weight is 217 g/mol. The molecule has 1 rings (SSSR count). The van der Waals surface area contributed by atoms with E-state index in [1.165, 1.54) is 0 Å². The molecule has 0 aliphatic heterocycles. The highest BCUT2D eigenvalue weighted by Gasteiger charge is 2.06. The molecule has 3 nitrogen and oxygen atoms in total. The summed E-state index contributed by atoms with van der Waals surface area (Å²) >= 11 is 0. The first-order chi connectivity index (χ1) is 6.51. The van der Waals surface area contributed by atoms with Crippen LogP contribution in [0.5, 0.6) is 0 Å². The fourth-order valence-electron chi connectivity index (χ4n) is 1.08. The number of nitrogens with two attached hydrogens (primary N) is 1. The average Bonchev–Trinajstić information content (AvgIpc) is 2.14. The zero-order valence-electron chi connectivity index (χ0n) is 7.61. The van der Waals surface area contributed by atoms with Crippen molar-refractivity contribution < 1.29 is 12.3 Å². The Kier molecular flexibility index (Phi) is 3.60. The van der Waals surface area contributed by atoms with Crippen molar-refractivity contribution in [2.24, 2.45) is 5.73 Å². The monoisotopic (exact) mass is 217 g/mol. The van der Waals surface area contributed by atoms with Crippen LogP contribution in [0, 0.1) is 0 Å². The summed E-state index contributed by atoms with van der Waals surface area (Å²) in [5, 5.41) is 0. The molecule has 78 valence electrons. The van der Waals surface area contributed by atoms with Crippen LogP contribution in [0.15, 0.2) is 24.3 Å². The number of hydrogen-bond donors (Lipinski definition) is 1. The molecule has 5 heteroatoms. The fraction of sp³-hybridized carbons (Fsp3) is 0.333. The Morgan fingerprint density at radius 3 is 2.07 bits per heavy atom. The van der Waals surface area contributed by atoms with E-state index >= 15 is 0 Å². The van der Waals surface area contributed by atoms with Crippen molar-refractivity contribution in [2.75, 3.05) is 5.75 Å². The number of aryl methyl sites for hydroxylation is 1. The van der Waals surface area contributed by atoms with Crippen molar-refractivity contribution in [3.8, 4) is 0 Å². The Morgan fingerprint density at radius 1 is 1.14 bits per heavy atom. The minimum Gasteiger partial charge on any atom is -0.326 e. The molecule has 14 heavy (non-hydrogen) atoms. The van der Waals surface area contributed by atoms with Gasteiger partial charge in [-0.05, 0) is 17.5 Å². The maximum Gasteiger partial charge on any atom is 0.302 e. The minimum atomic E-state index is -4.36. The predicted molar refractivity (Wildman–Crippen MR) is 52.9 cm³/mol. The van der Waals surface area contributed by atoms with Crippen LogP contribution in [0.1, 0.15) is 11.1 Å². The van der Waals surface area contributed by atoms with Gasteiger partial charge in [0.25, 0.3) is 0 Å². The molecule has 1 aromatic carbocycles. The molecule has 0 atom stereocenters. The van der Waals surface area contributed by atoms with Gasteiger partial charge in [-0.25, -0.2) is 0 Å². The topological polar surface area (TPSA) is 60.2 Å². The van der Waals surface area contributed by atoms with Gasteiger partial charge in [0.05, 0.1) is 5.75 Å². The molecule has 0 heterocycles. The number of halogens is 1. The van der Waals surface area contributed by atoms with Gasteiger partial charge in [-0.2, -0.15) is 8.42 Å². The fourth-order valence-corrected chi connectivity index (χ4v) is 1.56. The predicted octanol–water partition coefficient (Wildman–Crippen LogP) is 0.987. The molecule has 0 bridgehead atoms. The first kappa shape index (κ1) is 11.1. The van der Waals surface area contributed by atoms with Crippen LogP contribution in [0.2, 0.25) is 0 Å². The van der Waals surface area contributed by atoms with Gasteiger partial charge in [-0.1, -0.05) is 24.3 Å². The molecule has 0 amide bonds. The van der Waals surface area contributed by atoms with E-state index in [1.807, 2.05) is 0 Å². The molecule has 0 aliphatic carbocycles. The zero-order valence-corrected chi connectivity index (χ0v) is 8.43. The largest absolute Gasteiger partial charge is 0.326 e. The SMILES string of the molecule is NCc1ccc(CCS(=O)(=O)F)cc1. The molecule has 0 spiro atoms. The molecule has 1 aromatic rings. The van der Waals surface area contributed by atoms with Crippen LogP contribution in [0.25, 0.3) is 0 Å². The third-order valence-electron chi connectivity index (χ3n) is 1.89. The van der Waals surface area contributed by atoms with Crippen LogP contribution in [0.3, 0.4) is 0 Å². The summed E-state index contributed by atoms with van der Waals surface area (Å²) in [4.78, 5) is 0. The van der Waals surface area contributed by atoms with E-state index in [-0.39, 0.29) is 6.42 Å². The highest BCUT2D eigenvalue weighted by atomic mass is 32.3. The van der Waals surface area contributed by atoms with Crippen LogP contribution >= 0.6 is 0 Å². The summed E-state index contributed by atoms with van der Waals surface area (Å²) in [5.41, 5.74) is 7.15. The van der Waals surface area contributed by atoms with Gasteiger partial charge < -0.3 is 5.73 Å². The van der Waals surface area contributed by atoms with Crippen LogP contribution < -0.4 is 5.73 Å². The van der Waals surface area contributed by atoms with Crippen molar-refractivity contribution >= 4 is 10.2 Å². The minimum absolute atomic E-state index is 0.198. The molecule has 0 unspecified atom stereocenters. The van der Waals surface area contributed by atoms with Gasteiger partial charge in [-0.15, -0.1) is 3.89 Å². The zero-order chi connectivity index (χ0) is 10.6. The number of benzene rings is 1. The summed E-state index contributed by atoms with van der Waals surface area (Å²) in [5.74, 6) is -0.463. The van der Waals surface area contributed by atoms with Crippen LogP contribution in [-0.4, -0.2) is 14.2 Å². The summed E-state index contributed by atoms with van der Waals surface area (Å²) in [6, 6.07) is 7.13.